The van der Waals surface area contributed by atoms with Gasteiger partial charge in [-0.05, 0) is 18.2 Å². The second kappa shape index (κ2) is 5.23. The van der Waals surface area contributed by atoms with Crippen molar-refractivity contribution in [3.05, 3.63) is 44.8 Å². The molecule has 16 heavy (non-hydrogen) atoms. The Balaban J connectivity index is 2.07. The fourth-order valence-corrected chi connectivity index (χ4v) is 2.04. The zero-order valence-electron chi connectivity index (χ0n) is 8.22. The van der Waals surface area contributed by atoms with Crippen molar-refractivity contribution in [2.45, 2.75) is 6.61 Å². The molecule has 2 rings (SSSR count). The minimum Gasteiger partial charge on any atom is -0.486 e. The summed E-state index contributed by atoms with van der Waals surface area (Å²) in [4.78, 5) is 14.8. The van der Waals surface area contributed by atoms with Crippen LogP contribution in [0.15, 0.2) is 34.2 Å². The molecule has 0 fully saturated rings. The molecular weight excluding hydrogens is 290 g/mol. The summed E-state index contributed by atoms with van der Waals surface area (Å²) in [5.41, 5.74) is 0.580. The topological polar surface area (TPSA) is 39.2 Å². The molecule has 1 aromatic carbocycles. The number of aromatic nitrogens is 1. The molecular formula is C11H8BrNO2S. The number of hydrogen-bond acceptors (Lipinski definition) is 4. The van der Waals surface area contributed by atoms with Crippen LogP contribution < -0.4 is 4.74 Å². The molecule has 0 bridgehead atoms. The van der Waals surface area contributed by atoms with E-state index in [-0.39, 0.29) is 0 Å². The van der Waals surface area contributed by atoms with E-state index < -0.39 is 0 Å². The van der Waals surface area contributed by atoms with Gasteiger partial charge in [-0.3, -0.25) is 4.79 Å². The molecule has 0 aliphatic heterocycles. The quantitative estimate of drug-likeness (QED) is 0.813. The second-order valence-electron chi connectivity index (χ2n) is 3.02. The van der Waals surface area contributed by atoms with Gasteiger partial charge in [0.1, 0.15) is 17.4 Å². The van der Waals surface area contributed by atoms with Gasteiger partial charge in [0.2, 0.25) is 0 Å². The highest BCUT2D eigenvalue weighted by atomic mass is 79.9. The lowest BCUT2D eigenvalue weighted by atomic mass is 10.2. The van der Waals surface area contributed by atoms with E-state index in [1.807, 2.05) is 11.4 Å². The first-order chi connectivity index (χ1) is 7.79. The third-order valence-electron chi connectivity index (χ3n) is 1.94. The lowest BCUT2D eigenvalue weighted by Crippen LogP contribution is -1.95. The van der Waals surface area contributed by atoms with Crippen molar-refractivity contribution >= 4 is 33.6 Å². The minimum atomic E-state index is 0.428. The van der Waals surface area contributed by atoms with Crippen molar-refractivity contribution < 1.29 is 9.53 Å². The van der Waals surface area contributed by atoms with Crippen LogP contribution in [0.5, 0.6) is 5.75 Å². The molecule has 0 aliphatic rings. The van der Waals surface area contributed by atoms with Crippen molar-refractivity contribution in [1.29, 1.82) is 0 Å². The van der Waals surface area contributed by atoms with Crippen LogP contribution >= 0.6 is 27.3 Å². The van der Waals surface area contributed by atoms with E-state index in [1.165, 1.54) is 0 Å². The number of hydrogen-bond donors (Lipinski definition) is 0. The van der Waals surface area contributed by atoms with Crippen LogP contribution in [0.25, 0.3) is 0 Å². The molecule has 0 saturated carbocycles. The fourth-order valence-electron chi connectivity index (χ4n) is 1.17. The number of rotatable bonds is 4. The number of carbonyl (C=O) groups is 1. The third-order valence-corrected chi connectivity index (χ3v) is 3.42. The Morgan fingerprint density at radius 2 is 2.38 bits per heavy atom. The number of halogens is 1. The summed E-state index contributed by atoms with van der Waals surface area (Å²) in [6, 6.07) is 5.30. The lowest BCUT2D eigenvalue weighted by molar-refractivity contribution is 0.112. The number of carbonyl (C=O) groups excluding carboxylic acids is 1. The van der Waals surface area contributed by atoms with Gasteiger partial charge in [0.25, 0.3) is 0 Å². The van der Waals surface area contributed by atoms with Crippen LogP contribution in [0.4, 0.5) is 0 Å². The average Bonchev–Trinajstić information content (AvgIpc) is 2.81. The molecule has 1 heterocycles. The molecule has 2 aromatic rings. The molecule has 82 valence electrons. The molecule has 0 radical (unpaired) electrons. The SMILES string of the molecule is O=Cc1cc(OCc2nccs2)ccc1Br. The van der Waals surface area contributed by atoms with Gasteiger partial charge < -0.3 is 4.74 Å². The van der Waals surface area contributed by atoms with E-state index in [4.69, 9.17) is 4.74 Å². The van der Waals surface area contributed by atoms with Crippen molar-refractivity contribution in [3.8, 4) is 5.75 Å². The van der Waals surface area contributed by atoms with E-state index in [1.54, 1.807) is 29.7 Å². The largest absolute Gasteiger partial charge is 0.486 e. The molecule has 0 amide bonds. The van der Waals surface area contributed by atoms with E-state index in [0.717, 1.165) is 15.8 Å². The Kier molecular flexibility index (Phi) is 3.69. The standard InChI is InChI=1S/C11H8BrNO2S/c12-10-2-1-9(5-8(10)6-14)15-7-11-13-3-4-16-11/h1-6H,7H2. The van der Waals surface area contributed by atoms with Gasteiger partial charge in [-0.1, -0.05) is 15.9 Å². The first-order valence-corrected chi connectivity index (χ1v) is 6.23. The Morgan fingerprint density at radius 1 is 1.50 bits per heavy atom. The fraction of sp³-hybridized carbons (Fsp3) is 0.0909. The molecule has 0 unspecified atom stereocenters. The zero-order chi connectivity index (χ0) is 11.4. The maximum Gasteiger partial charge on any atom is 0.151 e. The number of nitrogens with zero attached hydrogens (tertiary/aromatic N) is 1. The number of thiazole rings is 1. The zero-order valence-corrected chi connectivity index (χ0v) is 10.6. The summed E-state index contributed by atoms with van der Waals surface area (Å²) < 4.78 is 6.28. The highest BCUT2D eigenvalue weighted by molar-refractivity contribution is 9.10. The molecule has 0 atom stereocenters. The predicted octanol–water partition coefficient (Wildman–Crippen LogP) is 3.30. The summed E-state index contributed by atoms with van der Waals surface area (Å²) in [6.07, 6.45) is 2.53. The number of benzene rings is 1. The van der Waals surface area contributed by atoms with Crippen LogP contribution in [0.3, 0.4) is 0 Å². The van der Waals surface area contributed by atoms with Gasteiger partial charge in [-0.25, -0.2) is 4.98 Å². The molecule has 0 aliphatic carbocycles. The van der Waals surface area contributed by atoms with Crippen LogP contribution in [-0.2, 0) is 6.61 Å². The maximum atomic E-state index is 10.7. The summed E-state index contributed by atoms with van der Waals surface area (Å²) in [7, 11) is 0. The molecule has 3 nitrogen and oxygen atoms in total. The van der Waals surface area contributed by atoms with Crippen LogP contribution in [0, 0.1) is 0 Å². The average molecular weight is 298 g/mol. The Hall–Kier alpha value is -1.20. The van der Waals surface area contributed by atoms with Gasteiger partial charge in [0.15, 0.2) is 6.29 Å². The van der Waals surface area contributed by atoms with Crippen molar-refractivity contribution in [2.75, 3.05) is 0 Å². The van der Waals surface area contributed by atoms with Crippen LogP contribution in [0.1, 0.15) is 15.4 Å². The highest BCUT2D eigenvalue weighted by Crippen LogP contribution is 2.22. The van der Waals surface area contributed by atoms with Crippen LogP contribution in [0.2, 0.25) is 0 Å². The molecule has 0 spiro atoms. The molecule has 1 aromatic heterocycles. The van der Waals surface area contributed by atoms with Gasteiger partial charge in [0.05, 0.1) is 0 Å². The van der Waals surface area contributed by atoms with E-state index >= 15 is 0 Å². The molecule has 5 heteroatoms. The van der Waals surface area contributed by atoms with E-state index in [9.17, 15) is 4.79 Å². The van der Waals surface area contributed by atoms with Gasteiger partial charge in [-0.2, -0.15) is 0 Å². The summed E-state index contributed by atoms with van der Waals surface area (Å²) >= 11 is 4.82. The van der Waals surface area contributed by atoms with Gasteiger partial charge in [0, 0.05) is 21.6 Å². The second-order valence-corrected chi connectivity index (χ2v) is 4.85. The Labute approximate surface area is 105 Å². The normalized spacial score (nSPS) is 10.1. The first kappa shape index (κ1) is 11.3. The van der Waals surface area contributed by atoms with E-state index in [2.05, 4.69) is 20.9 Å². The summed E-state index contributed by atoms with van der Waals surface area (Å²) in [5, 5.41) is 2.81. The first-order valence-electron chi connectivity index (χ1n) is 4.55. The maximum absolute atomic E-state index is 10.7. The van der Waals surface area contributed by atoms with Crippen molar-refractivity contribution in [2.24, 2.45) is 0 Å². The van der Waals surface area contributed by atoms with Gasteiger partial charge >= 0.3 is 0 Å². The Bertz CT molecular complexity index is 485. The van der Waals surface area contributed by atoms with Crippen molar-refractivity contribution in [1.82, 2.24) is 4.98 Å². The third kappa shape index (κ3) is 2.68. The molecule has 0 N–H and O–H groups in total. The number of ether oxygens (including phenoxy) is 1. The highest BCUT2D eigenvalue weighted by Gasteiger charge is 2.02. The predicted molar refractivity (Wildman–Crippen MR) is 66.0 cm³/mol. The summed E-state index contributed by atoms with van der Waals surface area (Å²) in [6.45, 7) is 0.428. The molecule has 0 saturated heterocycles. The van der Waals surface area contributed by atoms with E-state index in [0.29, 0.717) is 17.9 Å². The minimum absolute atomic E-state index is 0.428. The monoisotopic (exact) mass is 297 g/mol. The number of aldehydes is 1. The Morgan fingerprint density at radius 3 is 3.06 bits per heavy atom. The lowest BCUT2D eigenvalue weighted by Gasteiger charge is -2.05. The van der Waals surface area contributed by atoms with Crippen LogP contribution in [-0.4, -0.2) is 11.3 Å². The summed E-state index contributed by atoms with van der Waals surface area (Å²) in [5.74, 6) is 0.667. The van der Waals surface area contributed by atoms with Crippen molar-refractivity contribution in [3.63, 3.8) is 0 Å². The van der Waals surface area contributed by atoms with Gasteiger partial charge in [-0.15, -0.1) is 11.3 Å². The smallest absolute Gasteiger partial charge is 0.151 e.